The number of halogens is 3. The number of nitrogens with zero attached hydrogens (tertiary/aromatic N) is 10. The van der Waals surface area contributed by atoms with Crippen molar-refractivity contribution in [2.24, 2.45) is 0 Å². The molecular weight excluding hydrogens is 806 g/mol. The number of aliphatic hydroxyl groups excluding tert-OH is 2. The van der Waals surface area contributed by atoms with E-state index in [1.807, 2.05) is 35.8 Å². The average molecular weight is 855 g/mol. The number of aliphatic hydroxyl groups is 2. The van der Waals surface area contributed by atoms with Crippen LogP contribution in [0.5, 0.6) is 0 Å². The second kappa shape index (κ2) is 21.2. The zero-order valence-electron chi connectivity index (χ0n) is 33.7. The highest BCUT2D eigenvalue weighted by Gasteiger charge is 2.23. The summed E-state index contributed by atoms with van der Waals surface area (Å²) in [7, 11) is 0. The minimum absolute atomic E-state index is 0. The summed E-state index contributed by atoms with van der Waals surface area (Å²) in [4.78, 5) is 39.1. The van der Waals surface area contributed by atoms with Gasteiger partial charge in [0.2, 0.25) is 11.9 Å². The fraction of sp³-hybridized carbons (Fsp3) is 0.333. The molecule has 2 aromatic carbocycles. The Morgan fingerprint density at radius 3 is 1.36 bits per heavy atom. The summed E-state index contributed by atoms with van der Waals surface area (Å²) in [6.07, 6.45) is 12.2. The van der Waals surface area contributed by atoms with Gasteiger partial charge in [0.1, 0.15) is 46.5 Å². The molecule has 4 atom stereocenters. The van der Waals surface area contributed by atoms with Gasteiger partial charge in [0.05, 0.1) is 36.7 Å². The van der Waals surface area contributed by atoms with Crippen LogP contribution in [0.15, 0.2) is 97.8 Å². The first kappa shape index (κ1) is 44.2. The molecule has 4 aromatic heterocycles. The maximum absolute atomic E-state index is 13.2. The lowest BCUT2D eigenvalue weighted by Crippen LogP contribution is -2.38. The number of anilines is 8. The standard InChI is InChI=1S/2C21H24FN7O.ClH/c2*1-14(15-4-6-16(22)7-5-15)25-21-27-18(26-19-12-23-8-9-24-19)11-20(28-21)29-10-2-3-17(30)13-29;/h2*4-9,11-12,14,17,30H,2-3,10,13H2,1H3,(H2,24,25,26,27,28);1H/t2*14-,17?;/m00./s1. The fourth-order valence-electron chi connectivity index (χ4n) is 6.82. The molecule has 0 bridgehead atoms. The van der Waals surface area contributed by atoms with E-state index in [-0.39, 0.29) is 48.3 Å². The largest absolute Gasteiger partial charge is 0.391 e. The van der Waals surface area contributed by atoms with E-state index in [0.717, 1.165) is 49.9 Å². The Hall–Kier alpha value is -6.37. The molecule has 61 heavy (non-hydrogen) atoms. The highest BCUT2D eigenvalue weighted by Crippen LogP contribution is 2.28. The van der Waals surface area contributed by atoms with Gasteiger partial charge in [-0.1, -0.05) is 24.3 Å². The number of rotatable bonds is 12. The highest BCUT2D eigenvalue weighted by atomic mass is 35.5. The monoisotopic (exact) mass is 854 g/mol. The number of piperidine rings is 2. The van der Waals surface area contributed by atoms with Gasteiger partial charge in [-0.15, -0.1) is 12.4 Å². The first-order valence-electron chi connectivity index (χ1n) is 19.9. The summed E-state index contributed by atoms with van der Waals surface area (Å²) >= 11 is 0. The molecule has 2 unspecified atom stereocenters. The molecule has 2 saturated heterocycles. The van der Waals surface area contributed by atoms with Gasteiger partial charge in [0.25, 0.3) is 0 Å². The van der Waals surface area contributed by atoms with E-state index in [1.165, 1.54) is 24.3 Å². The van der Waals surface area contributed by atoms with Crippen molar-refractivity contribution in [3.63, 3.8) is 0 Å². The number of hydrogen-bond acceptors (Lipinski definition) is 16. The van der Waals surface area contributed by atoms with Crippen LogP contribution in [0.4, 0.5) is 55.6 Å². The minimum Gasteiger partial charge on any atom is -0.391 e. The molecule has 8 rings (SSSR count). The number of hydrogen-bond donors (Lipinski definition) is 6. The Morgan fingerprint density at radius 1 is 0.590 bits per heavy atom. The SMILES string of the molecule is C[C@H](Nc1nc(Nc2cnccn2)cc(N2CCCC(O)C2)n1)c1ccc(F)cc1.C[C@H](Nc1nc(Nc2cnccn2)cc(N2CCCC(O)C2)n1)c1ccc(F)cc1.Cl. The van der Waals surface area contributed by atoms with Gasteiger partial charge < -0.3 is 41.3 Å². The van der Waals surface area contributed by atoms with Crippen molar-refractivity contribution < 1.29 is 19.0 Å². The number of nitrogens with one attached hydrogen (secondary N) is 4. The van der Waals surface area contributed by atoms with Crippen LogP contribution in [0.2, 0.25) is 0 Å². The molecule has 0 saturated carbocycles. The molecule has 6 aromatic rings. The van der Waals surface area contributed by atoms with Gasteiger partial charge in [0, 0.05) is 63.1 Å². The lowest BCUT2D eigenvalue weighted by molar-refractivity contribution is 0.153. The third kappa shape index (κ3) is 12.8. The Morgan fingerprint density at radius 2 is 1.00 bits per heavy atom. The van der Waals surface area contributed by atoms with Crippen LogP contribution in [-0.4, -0.2) is 88.5 Å². The van der Waals surface area contributed by atoms with Gasteiger partial charge in [-0.25, -0.2) is 18.7 Å². The fourth-order valence-corrected chi connectivity index (χ4v) is 6.82. The minimum atomic E-state index is -0.375. The highest BCUT2D eigenvalue weighted by molar-refractivity contribution is 5.85. The van der Waals surface area contributed by atoms with Crippen LogP contribution in [0.25, 0.3) is 0 Å². The van der Waals surface area contributed by atoms with Crippen molar-refractivity contribution in [3.8, 4) is 0 Å². The topological polar surface area (TPSA) is 198 Å². The summed E-state index contributed by atoms with van der Waals surface area (Å²) < 4.78 is 26.5. The van der Waals surface area contributed by atoms with Gasteiger partial charge in [-0.3, -0.25) is 9.97 Å². The van der Waals surface area contributed by atoms with E-state index in [4.69, 9.17) is 0 Å². The van der Waals surface area contributed by atoms with E-state index in [9.17, 15) is 19.0 Å². The van der Waals surface area contributed by atoms with Gasteiger partial charge in [0.15, 0.2) is 0 Å². The van der Waals surface area contributed by atoms with Crippen LogP contribution >= 0.6 is 12.4 Å². The number of aromatic nitrogens is 8. The van der Waals surface area contributed by atoms with Crippen LogP contribution in [0.1, 0.15) is 62.7 Å². The second-order valence-corrected chi connectivity index (χ2v) is 14.6. The van der Waals surface area contributed by atoms with Gasteiger partial charge in [-0.05, 0) is 74.9 Å². The van der Waals surface area contributed by atoms with Gasteiger partial charge >= 0.3 is 0 Å². The zero-order valence-corrected chi connectivity index (χ0v) is 34.6. The normalized spacial score (nSPS) is 17.1. The molecule has 0 aliphatic carbocycles. The van der Waals surface area contributed by atoms with Crippen molar-refractivity contribution in [2.45, 2.75) is 63.8 Å². The molecule has 6 N–H and O–H groups in total. The van der Waals surface area contributed by atoms with Crippen molar-refractivity contribution in [1.29, 1.82) is 0 Å². The predicted octanol–water partition coefficient (Wildman–Crippen LogP) is 6.99. The molecule has 2 aliphatic rings. The van der Waals surface area contributed by atoms with Crippen LogP contribution in [0.3, 0.4) is 0 Å². The predicted molar refractivity (Wildman–Crippen MR) is 234 cm³/mol. The van der Waals surface area contributed by atoms with E-state index in [2.05, 4.69) is 61.1 Å². The molecule has 19 heteroatoms. The molecule has 2 fully saturated rings. The summed E-state index contributed by atoms with van der Waals surface area (Å²) in [6, 6.07) is 16.1. The molecular formula is C42H49ClF2N14O2. The maximum atomic E-state index is 13.2. The Bertz CT molecular complexity index is 2110. The lowest BCUT2D eigenvalue weighted by atomic mass is 10.1. The maximum Gasteiger partial charge on any atom is 0.227 e. The van der Waals surface area contributed by atoms with E-state index in [1.54, 1.807) is 61.4 Å². The van der Waals surface area contributed by atoms with Crippen LogP contribution in [0, 0.1) is 11.6 Å². The molecule has 320 valence electrons. The Balaban J connectivity index is 0.000000201. The van der Waals surface area contributed by atoms with Crippen molar-refractivity contribution >= 4 is 59.2 Å². The first-order chi connectivity index (χ1) is 29.1. The molecule has 2 aliphatic heterocycles. The zero-order chi connectivity index (χ0) is 41.8. The van der Waals surface area contributed by atoms with Gasteiger partial charge in [-0.2, -0.15) is 19.9 Å². The molecule has 0 amide bonds. The average Bonchev–Trinajstić information content (AvgIpc) is 3.25. The third-order valence-corrected chi connectivity index (χ3v) is 9.94. The smallest absolute Gasteiger partial charge is 0.227 e. The Labute approximate surface area is 358 Å². The third-order valence-electron chi connectivity index (χ3n) is 9.94. The summed E-state index contributed by atoms with van der Waals surface area (Å²) in [5, 5.41) is 33.0. The summed E-state index contributed by atoms with van der Waals surface area (Å²) in [5.41, 5.74) is 1.84. The second-order valence-electron chi connectivity index (χ2n) is 14.6. The number of β-amino-alcohol motifs (C(OH)–C–C–N with tert-alkyl or cyclic N) is 2. The first-order valence-corrected chi connectivity index (χ1v) is 19.9. The molecule has 0 radical (unpaired) electrons. The van der Waals surface area contributed by atoms with Crippen molar-refractivity contribution in [1.82, 2.24) is 39.9 Å². The van der Waals surface area contributed by atoms with Crippen LogP contribution in [-0.2, 0) is 0 Å². The molecule has 16 nitrogen and oxygen atoms in total. The Kier molecular flexibility index (Phi) is 15.4. The van der Waals surface area contributed by atoms with Crippen molar-refractivity contribution in [3.05, 3.63) is 121 Å². The molecule has 6 heterocycles. The molecule has 0 spiro atoms. The van der Waals surface area contributed by atoms with Crippen molar-refractivity contribution in [2.75, 3.05) is 57.2 Å². The quantitative estimate of drug-likeness (QED) is 0.0736. The summed E-state index contributed by atoms with van der Waals surface area (Å²) in [5.74, 6) is 3.99. The summed E-state index contributed by atoms with van der Waals surface area (Å²) in [6.45, 7) is 6.59. The van der Waals surface area contributed by atoms with E-state index >= 15 is 0 Å². The number of benzene rings is 2. The lowest BCUT2D eigenvalue weighted by Gasteiger charge is -2.31. The van der Waals surface area contributed by atoms with Crippen LogP contribution < -0.4 is 31.1 Å². The van der Waals surface area contributed by atoms with E-state index in [0.29, 0.717) is 59.9 Å². The van der Waals surface area contributed by atoms with E-state index < -0.39 is 0 Å².